The fraction of sp³-hybridized carbons (Fsp3) is 0.591. The Morgan fingerprint density at radius 1 is 1.15 bits per heavy atom. The molecule has 2 heterocycles. The zero-order valence-electron chi connectivity index (χ0n) is 16.4. The number of hydrogen-bond donors (Lipinski definition) is 1. The minimum absolute atomic E-state index is 0.109. The third kappa shape index (κ3) is 3.90. The predicted molar refractivity (Wildman–Crippen MR) is 108 cm³/mol. The third-order valence-corrected chi connectivity index (χ3v) is 6.40. The van der Waals surface area contributed by atoms with Crippen LogP contribution < -0.4 is 5.32 Å². The molecule has 1 N–H and O–H groups in total. The Kier molecular flexibility index (Phi) is 5.50. The number of carbonyl (C=O) groups excluding carboxylic acids is 1. The molecule has 0 radical (unpaired) electrons. The lowest BCUT2D eigenvalue weighted by Gasteiger charge is -2.48. The van der Waals surface area contributed by atoms with Crippen LogP contribution in [0, 0.1) is 6.92 Å². The fourth-order valence-electron chi connectivity index (χ4n) is 4.87. The summed E-state index contributed by atoms with van der Waals surface area (Å²) in [5.74, 6) is 0.109. The van der Waals surface area contributed by atoms with Gasteiger partial charge in [-0.25, -0.2) is 0 Å². The molecule has 5 nitrogen and oxygen atoms in total. The molecule has 1 aromatic heterocycles. The highest BCUT2D eigenvalue weighted by Gasteiger charge is 2.38. The van der Waals surface area contributed by atoms with Gasteiger partial charge in [0.25, 0.3) is 0 Å². The average molecular weight is 370 g/mol. The molecule has 4 rings (SSSR count). The Labute approximate surface area is 161 Å². The molecule has 1 saturated heterocycles. The van der Waals surface area contributed by atoms with Crippen LogP contribution in [-0.4, -0.2) is 53.8 Å². The molecule has 1 aromatic carbocycles. The fourth-order valence-corrected chi connectivity index (χ4v) is 4.87. The Bertz CT molecular complexity index is 786. The van der Waals surface area contributed by atoms with Crippen LogP contribution >= 0.6 is 0 Å². The first-order chi connectivity index (χ1) is 13.2. The van der Waals surface area contributed by atoms with Gasteiger partial charge < -0.3 is 14.6 Å². The number of aryl methyl sites for hydroxylation is 1. The standard InChI is InChI=1S/C22H31N3O2/c1-18-15-19-7-3-4-8-20(19)25(18)16-21(26)23-17-22(9-5-2-6-10-22)24-11-13-27-14-12-24/h3-4,7-8,15H,2,5-6,9-14,16-17H2,1H3,(H,23,26). The first-order valence-electron chi connectivity index (χ1n) is 10.3. The number of para-hydroxylation sites is 1. The second-order valence-corrected chi connectivity index (χ2v) is 8.09. The Morgan fingerprint density at radius 3 is 2.67 bits per heavy atom. The van der Waals surface area contributed by atoms with E-state index in [2.05, 4.69) is 39.9 Å². The van der Waals surface area contributed by atoms with Gasteiger partial charge in [0.15, 0.2) is 0 Å². The minimum Gasteiger partial charge on any atom is -0.379 e. The highest BCUT2D eigenvalue weighted by molar-refractivity contribution is 5.84. The summed E-state index contributed by atoms with van der Waals surface area (Å²) in [6.07, 6.45) is 6.19. The van der Waals surface area contributed by atoms with Crippen LogP contribution in [0.2, 0.25) is 0 Å². The molecule has 5 heteroatoms. The molecule has 2 aromatic rings. The number of aromatic nitrogens is 1. The maximum atomic E-state index is 12.8. The Hall–Kier alpha value is -1.85. The molecule has 0 bridgehead atoms. The van der Waals surface area contributed by atoms with Crippen LogP contribution in [0.3, 0.4) is 0 Å². The predicted octanol–water partition coefficient (Wildman–Crippen LogP) is 3.10. The average Bonchev–Trinajstić information content (AvgIpc) is 3.03. The van der Waals surface area contributed by atoms with E-state index >= 15 is 0 Å². The van der Waals surface area contributed by atoms with E-state index in [0.717, 1.165) is 44.1 Å². The van der Waals surface area contributed by atoms with E-state index < -0.39 is 0 Å². The van der Waals surface area contributed by atoms with E-state index in [4.69, 9.17) is 4.74 Å². The topological polar surface area (TPSA) is 46.5 Å². The van der Waals surface area contributed by atoms with Crippen molar-refractivity contribution in [1.29, 1.82) is 0 Å². The normalized spacial score (nSPS) is 20.6. The number of fused-ring (bicyclic) bond motifs is 1. The highest BCUT2D eigenvalue weighted by Crippen LogP contribution is 2.34. The van der Waals surface area contributed by atoms with Crippen LogP contribution in [0.25, 0.3) is 10.9 Å². The summed E-state index contributed by atoms with van der Waals surface area (Å²) >= 11 is 0. The lowest BCUT2D eigenvalue weighted by atomic mass is 9.79. The van der Waals surface area contributed by atoms with Gasteiger partial charge in [0, 0.05) is 36.4 Å². The van der Waals surface area contributed by atoms with Crippen molar-refractivity contribution in [2.45, 2.75) is 51.1 Å². The van der Waals surface area contributed by atoms with Gasteiger partial charge in [-0.1, -0.05) is 37.5 Å². The molecule has 1 amide bonds. The molecular formula is C22H31N3O2. The van der Waals surface area contributed by atoms with E-state index in [1.54, 1.807) is 0 Å². The van der Waals surface area contributed by atoms with Crippen LogP contribution in [-0.2, 0) is 16.1 Å². The zero-order valence-corrected chi connectivity index (χ0v) is 16.4. The molecular weight excluding hydrogens is 338 g/mol. The number of rotatable bonds is 5. The van der Waals surface area contributed by atoms with E-state index in [-0.39, 0.29) is 11.4 Å². The molecule has 27 heavy (non-hydrogen) atoms. The molecule has 2 fully saturated rings. The van der Waals surface area contributed by atoms with Crippen molar-refractivity contribution in [1.82, 2.24) is 14.8 Å². The number of nitrogens with zero attached hydrogens (tertiary/aromatic N) is 2. The van der Waals surface area contributed by atoms with Gasteiger partial charge in [0.1, 0.15) is 6.54 Å². The maximum absolute atomic E-state index is 12.8. The largest absolute Gasteiger partial charge is 0.379 e. The molecule has 0 spiro atoms. The Balaban J connectivity index is 1.44. The van der Waals surface area contributed by atoms with E-state index in [9.17, 15) is 4.79 Å². The number of amides is 1. The number of morpholine rings is 1. The van der Waals surface area contributed by atoms with Crippen molar-refractivity contribution in [2.24, 2.45) is 0 Å². The van der Waals surface area contributed by atoms with Gasteiger partial charge in [-0.05, 0) is 37.3 Å². The first-order valence-corrected chi connectivity index (χ1v) is 10.3. The van der Waals surface area contributed by atoms with Crippen molar-refractivity contribution >= 4 is 16.8 Å². The quantitative estimate of drug-likeness (QED) is 0.881. The van der Waals surface area contributed by atoms with Crippen molar-refractivity contribution < 1.29 is 9.53 Å². The summed E-state index contributed by atoms with van der Waals surface area (Å²) in [5, 5.41) is 4.47. The van der Waals surface area contributed by atoms with Gasteiger partial charge in [0.05, 0.1) is 13.2 Å². The molecule has 1 aliphatic heterocycles. The SMILES string of the molecule is Cc1cc2ccccc2n1CC(=O)NCC1(N2CCOCC2)CCCCC1. The lowest BCUT2D eigenvalue weighted by Crippen LogP contribution is -2.59. The second kappa shape index (κ2) is 8.03. The molecule has 2 aliphatic rings. The summed E-state index contributed by atoms with van der Waals surface area (Å²) in [5.41, 5.74) is 2.38. The lowest BCUT2D eigenvalue weighted by molar-refractivity contribution is -0.123. The molecule has 0 atom stereocenters. The Morgan fingerprint density at radius 2 is 1.89 bits per heavy atom. The number of benzene rings is 1. The van der Waals surface area contributed by atoms with E-state index in [1.807, 2.05) is 12.1 Å². The molecule has 0 unspecified atom stereocenters. The van der Waals surface area contributed by atoms with Gasteiger partial charge in [-0.2, -0.15) is 0 Å². The van der Waals surface area contributed by atoms with Crippen LogP contribution in [0.4, 0.5) is 0 Å². The number of carbonyl (C=O) groups is 1. The van der Waals surface area contributed by atoms with Gasteiger partial charge >= 0.3 is 0 Å². The smallest absolute Gasteiger partial charge is 0.240 e. The van der Waals surface area contributed by atoms with E-state index in [0.29, 0.717) is 6.54 Å². The second-order valence-electron chi connectivity index (χ2n) is 8.09. The van der Waals surface area contributed by atoms with Gasteiger partial charge in [-0.3, -0.25) is 9.69 Å². The van der Waals surface area contributed by atoms with Gasteiger partial charge in [-0.15, -0.1) is 0 Å². The monoisotopic (exact) mass is 369 g/mol. The molecule has 1 saturated carbocycles. The van der Waals surface area contributed by atoms with Gasteiger partial charge in [0.2, 0.25) is 5.91 Å². The van der Waals surface area contributed by atoms with Crippen molar-refractivity contribution in [2.75, 3.05) is 32.8 Å². The summed E-state index contributed by atoms with van der Waals surface area (Å²) < 4.78 is 7.67. The zero-order chi connectivity index (χ0) is 18.7. The van der Waals surface area contributed by atoms with Crippen LogP contribution in [0.15, 0.2) is 30.3 Å². The minimum atomic E-state index is 0.109. The highest BCUT2D eigenvalue weighted by atomic mass is 16.5. The summed E-state index contributed by atoms with van der Waals surface area (Å²) in [6, 6.07) is 10.4. The maximum Gasteiger partial charge on any atom is 0.240 e. The number of hydrogen-bond acceptors (Lipinski definition) is 3. The first kappa shape index (κ1) is 18.5. The molecule has 146 valence electrons. The van der Waals surface area contributed by atoms with E-state index in [1.165, 1.54) is 37.5 Å². The number of ether oxygens (including phenoxy) is 1. The third-order valence-electron chi connectivity index (χ3n) is 6.40. The van der Waals surface area contributed by atoms with Crippen molar-refractivity contribution in [3.63, 3.8) is 0 Å². The summed E-state index contributed by atoms with van der Waals surface area (Å²) in [4.78, 5) is 15.4. The summed E-state index contributed by atoms with van der Waals surface area (Å²) in [7, 11) is 0. The van der Waals surface area contributed by atoms with Crippen LogP contribution in [0.5, 0.6) is 0 Å². The van der Waals surface area contributed by atoms with Crippen molar-refractivity contribution in [3.05, 3.63) is 36.0 Å². The summed E-state index contributed by atoms with van der Waals surface area (Å²) in [6.45, 7) is 6.80. The molecule has 1 aliphatic carbocycles. The van der Waals surface area contributed by atoms with Crippen molar-refractivity contribution in [3.8, 4) is 0 Å². The van der Waals surface area contributed by atoms with Crippen LogP contribution in [0.1, 0.15) is 37.8 Å². The number of nitrogens with one attached hydrogen (secondary N) is 1.